The Balaban J connectivity index is 1.47. The summed E-state index contributed by atoms with van der Waals surface area (Å²) in [4.78, 5) is 24.9. The Labute approximate surface area is 204 Å². The van der Waals surface area contributed by atoms with E-state index < -0.39 is 0 Å². The van der Waals surface area contributed by atoms with Crippen LogP contribution in [0.25, 0.3) is 22.6 Å². The van der Waals surface area contributed by atoms with Crippen molar-refractivity contribution in [2.75, 3.05) is 13.7 Å². The molecular formula is C28H24ClN3O2. The van der Waals surface area contributed by atoms with Gasteiger partial charge in [-0.15, -0.1) is 0 Å². The summed E-state index contributed by atoms with van der Waals surface area (Å²) >= 11 is 6.08. The van der Waals surface area contributed by atoms with Crippen LogP contribution in [0.3, 0.4) is 0 Å². The molecular weight excluding hydrogens is 446 g/mol. The van der Waals surface area contributed by atoms with E-state index in [9.17, 15) is 4.79 Å². The highest BCUT2D eigenvalue weighted by atomic mass is 35.5. The number of carbonyl (C=O) groups excluding carboxylic acids is 1. The maximum atomic E-state index is 13.1. The molecule has 170 valence electrons. The van der Waals surface area contributed by atoms with Crippen LogP contribution in [0.4, 0.5) is 0 Å². The highest BCUT2D eigenvalue weighted by molar-refractivity contribution is 6.30. The lowest BCUT2D eigenvalue weighted by molar-refractivity contribution is -0.131. The van der Waals surface area contributed by atoms with Crippen molar-refractivity contribution in [2.24, 2.45) is 0 Å². The van der Waals surface area contributed by atoms with Crippen LogP contribution < -0.4 is 4.74 Å². The molecule has 2 heterocycles. The van der Waals surface area contributed by atoms with E-state index >= 15 is 0 Å². The Hall–Kier alpha value is -3.70. The fraction of sp³-hybridized carbons (Fsp3) is 0.179. The van der Waals surface area contributed by atoms with E-state index in [4.69, 9.17) is 26.3 Å². The first-order valence-electron chi connectivity index (χ1n) is 11.2. The molecule has 1 aromatic heterocycles. The van der Waals surface area contributed by atoms with Crippen molar-refractivity contribution < 1.29 is 9.53 Å². The maximum absolute atomic E-state index is 13.1. The first kappa shape index (κ1) is 22.1. The van der Waals surface area contributed by atoms with E-state index in [2.05, 4.69) is 0 Å². The Kier molecular flexibility index (Phi) is 6.28. The molecule has 0 atom stereocenters. The molecule has 0 saturated heterocycles. The van der Waals surface area contributed by atoms with Crippen molar-refractivity contribution in [3.8, 4) is 28.4 Å². The highest BCUT2D eigenvalue weighted by Crippen LogP contribution is 2.31. The second-order valence-electron chi connectivity index (χ2n) is 8.28. The van der Waals surface area contributed by atoms with Gasteiger partial charge in [-0.1, -0.05) is 54.1 Å². The van der Waals surface area contributed by atoms with Crippen molar-refractivity contribution in [3.63, 3.8) is 0 Å². The summed E-state index contributed by atoms with van der Waals surface area (Å²) in [7, 11) is 1.63. The van der Waals surface area contributed by atoms with Crippen LogP contribution in [-0.4, -0.2) is 34.4 Å². The summed E-state index contributed by atoms with van der Waals surface area (Å²) < 4.78 is 5.22. The first-order chi connectivity index (χ1) is 16.6. The van der Waals surface area contributed by atoms with Crippen molar-refractivity contribution in [1.82, 2.24) is 14.9 Å². The van der Waals surface area contributed by atoms with Gasteiger partial charge >= 0.3 is 0 Å². The van der Waals surface area contributed by atoms with Crippen molar-refractivity contribution >= 4 is 17.5 Å². The standard InChI is InChI=1S/C28H24ClN3O2/c1-34-23-13-7-19(8-14-23)17-26(33)32-16-15-25-24(18-32)27(20-5-3-2-4-6-20)31-28(30-25)21-9-11-22(29)12-10-21/h2-14H,15-18H2,1H3. The van der Waals surface area contributed by atoms with Gasteiger partial charge in [-0.05, 0) is 42.0 Å². The lowest BCUT2D eigenvalue weighted by Crippen LogP contribution is -2.37. The molecule has 5 nitrogen and oxygen atoms in total. The van der Waals surface area contributed by atoms with Gasteiger partial charge in [-0.2, -0.15) is 0 Å². The number of nitrogens with zero attached hydrogens (tertiary/aromatic N) is 3. The Morgan fingerprint density at radius 1 is 0.941 bits per heavy atom. The van der Waals surface area contributed by atoms with Gasteiger partial charge in [0.1, 0.15) is 5.75 Å². The molecule has 5 rings (SSSR count). The number of ether oxygens (including phenoxy) is 1. The van der Waals surface area contributed by atoms with Crippen LogP contribution in [0, 0.1) is 0 Å². The zero-order valence-electron chi connectivity index (χ0n) is 18.9. The second kappa shape index (κ2) is 9.65. The summed E-state index contributed by atoms with van der Waals surface area (Å²) in [5.41, 5.74) is 5.78. The predicted octanol–water partition coefficient (Wildman–Crippen LogP) is 5.60. The molecule has 0 saturated carbocycles. The number of benzene rings is 3. The third-order valence-corrected chi connectivity index (χ3v) is 6.33. The van der Waals surface area contributed by atoms with Gasteiger partial charge in [-0.25, -0.2) is 9.97 Å². The fourth-order valence-electron chi connectivity index (χ4n) is 4.22. The second-order valence-corrected chi connectivity index (χ2v) is 8.72. The molecule has 3 aromatic carbocycles. The molecule has 6 heteroatoms. The molecule has 0 unspecified atom stereocenters. The van der Waals surface area contributed by atoms with E-state index in [0.29, 0.717) is 36.8 Å². The van der Waals surface area contributed by atoms with Crippen LogP contribution in [0.2, 0.25) is 5.02 Å². The van der Waals surface area contributed by atoms with E-state index in [1.54, 1.807) is 7.11 Å². The summed E-state index contributed by atoms with van der Waals surface area (Å²) in [6, 6.07) is 25.3. The number of rotatable bonds is 5. The number of aromatic nitrogens is 2. The molecule has 1 aliphatic rings. The van der Waals surface area contributed by atoms with Crippen LogP contribution >= 0.6 is 11.6 Å². The fourth-order valence-corrected chi connectivity index (χ4v) is 4.35. The van der Waals surface area contributed by atoms with E-state index in [0.717, 1.165) is 39.4 Å². The van der Waals surface area contributed by atoms with Crippen LogP contribution in [0.1, 0.15) is 16.8 Å². The van der Waals surface area contributed by atoms with Gasteiger partial charge in [0, 0.05) is 41.2 Å². The summed E-state index contributed by atoms with van der Waals surface area (Å²) in [6.07, 6.45) is 1.04. The van der Waals surface area contributed by atoms with Gasteiger partial charge in [0.15, 0.2) is 5.82 Å². The SMILES string of the molecule is COc1ccc(CC(=O)N2CCc3nc(-c4ccc(Cl)cc4)nc(-c4ccccc4)c3C2)cc1. The van der Waals surface area contributed by atoms with Gasteiger partial charge in [0.25, 0.3) is 0 Å². The van der Waals surface area contributed by atoms with E-state index in [-0.39, 0.29) is 5.91 Å². The molecule has 34 heavy (non-hydrogen) atoms. The number of carbonyl (C=O) groups is 1. The quantitative estimate of drug-likeness (QED) is 0.381. The maximum Gasteiger partial charge on any atom is 0.227 e. The van der Waals surface area contributed by atoms with Crippen molar-refractivity contribution in [3.05, 3.63) is 101 Å². The third-order valence-electron chi connectivity index (χ3n) is 6.08. The average molecular weight is 470 g/mol. The summed E-state index contributed by atoms with van der Waals surface area (Å²) in [6.45, 7) is 1.13. The molecule has 4 aromatic rings. The minimum Gasteiger partial charge on any atom is -0.497 e. The Morgan fingerprint density at radius 3 is 2.38 bits per heavy atom. The van der Waals surface area contributed by atoms with Crippen LogP contribution in [0.15, 0.2) is 78.9 Å². The molecule has 1 amide bonds. The minimum atomic E-state index is 0.0941. The Morgan fingerprint density at radius 2 is 1.68 bits per heavy atom. The number of fused-ring (bicyclic) bond motifs is 1. The topological polar surface area (TPSA) is 55.3 Å². The van der Waals surface area contributed by atoms with E-state index in [1.165, 1.54) is 0 Å². The largest absolute Gasteiger partial charge is 0.497 e. The first-order valence-corrected chi connectivity index (χ1v) is 11.6. The molecule has 0 aliphatic carbocycles. The van der Waals surface area contributed by atoms with Gasteiger partial charge in [0.05, 0.1) is 24.9 Å². The average Bonchev–Trinajstić information content (AvgIpc) is 2.89. The Bertz CT molecular complexity index is 1310. The summed E-state index contributed by atoms with van der Waals surface area (Å²) in [5, 5.41) is 0.677. The molecule has 0 radical (unpaired) electrons. The summed E-state index contributed by atoms with van der Waals surface area (Å²) in [5.74, 6) is 1.55. The highest BCUT2D eigenvalue weighted by Gasteiger charge is 2.26. The minimum absolute atomic E-state index is 0.0941. The van der Waals surface area contributed by atoms with Crippen molar-refractivity contribution in [2.45, 2.75) is 19.4 Å². The van der Waals surface area contributed by atoms with E-state index in [1.807, 2.05) is 83.8 Å². The van der Waals surface area contributed by atoms with Gasteiger partial charge in [0.2, 0.25) is 5.91 Å². The number of methoxy groups -OCH3 is 1. The normalized spacial score (nSPS) is 12.8. The smallest absolute Gasteiger partial charge is 0.227 e. The molecule has 1 aliphatic heterocycles. The lowest BCUT2D eigenvalue weighted by Gasteiger charge is -2.30. The molecule has 0 fully saturated rings. The number of amides is 1. The lowest BCUT2D eigenvalue weighted by atomic mass is 9.98. The molecule has 0 N–H and O–H groups in total. The van der Waals surface area contributed by atoms with Crippen LogP contribution in [-0.2, 0) is 24.2 Å². The number of hydrogen-bond donors (Lipinski definition) is 0. The molecule has 0 bridgehead atoms. The van der Waals surface area contributed by atoms with Gasteiger partial charge in [-0.3, -0.25) is 4.79 Å². The zero-order valence-corrected chi connectivity index (χ0v) is 19.6. The molecule has 0 spiro atoms. The number of hydrogen-bond acceptors (Lipinski definition) is 4. The third kappa shape index (κ3) is 4.66. The zero-order chi connectivity index (χ0) is 23.5. The number of halogens is 1. The predicted molar refractivity (Wildman–Crippen MR) is 134 cm³/mol. The van der Waals surface area contributed by atoms with Crippen LogP contribution in [0.5, 0.6) is 5.75 Å². The van der Waals surface area contributed by atoms with Crippen molar-refractivity contribution in [1.29, 1.82) is 0 Å². The van der Waals surface area contributed by atoms with Gasteiger partial charge < -0.3 is 9.64 Å². The monoisotopic (exact) mass is 469 g/mol.